The van der Waals surface area contributed by atoms with Crippen molar-refractivity contribution in [3.05, 3.63) is 53.1 Å². The van der Waals surface area contributed by atoms with E-state index in [0.717, 1.165) is 25.2 Å². The number of nitrogens with zero attached hydrogens (tertiary/aromatic N) is 2. The van der Waals surface area contributed by atoms with Crippen LogP contribution in [0.2, 0.25) is 5.02 Å². The molecule has 188 valence electrons. The zero-order chi connectivity index (χ0) is 25.4. The smallest absolute Gasteiger partial charge is 0.257 e. The highest BCUT2D eigenvalue weighted by atomic mass is 35.5. The first kappa shape index (κ1) is 26.8. The van der Waals surface area contributed by atoms with Crippen LogP contribution in [0.4, 0.5) is 11.4 Å². The Labute approximate surface area is 217 Å². The number of piperazine rings is 1. The van der Waals surface area contributed by atoms with Gasteiger partial charge in [-0.25, -0.2) is 0 Å². The number of hydrogen-bond donors (Lipinski definition) is 2. The standard InChI is InChI=1S/C26H33ClN4O3S/c1-4-6-24(32)31-13-11-30(12-14-31)23-10-9-20(16-22(23)27)28-26(35)29-25(33)19-7-5-8-21(15-19)34-17-18(2)3/h5,7-10,15-16,18H,4,6,11-14,17H2,1-3H3,(H2,28,29,33,35). The lowest BCUT2D eigenvalue weighted by Gasteiger charge is -2.36. The molecule has 9 heteroatoms. The first-order chi connectivity index (χ1) is 16.8. The van der Waals surface area contributed by atoms with Crippen molar-refractivity contribution in [3.63, 3.8) is 0 Å². The Hall–Kier alpha value is -2.84. The number of nitrogens with one attached hydrogen (secondary N) is 2. The summed E-state index contributed by atoms with van der Waals surface area (Å²) in [5.41, 5.74) is 2.04. The third-order valence-corrected chi connectivity index (χ3v) is 6.06. The van der Waals surface area contributed by atoms with E-state index in [1.807, 2.05) is 30.0 Å². The SMILES string of the molecule is CCCC(=O)N1CCN(c2ccc(NC(=S)NC(=O)c3cccc(OCC(C)C)c3)cc2Cl)CC1. The molecule has 0 radical (unpaired) electrons. The van der Waals surface area contributed by atoms with Crippen LogP contribution in [-0.2, 0) is 4.79 Å². The summed E-state index contributed by atoms with van der Waals surface area (Å²) in [4.78, 5) is 28.8. The molecule has 0 saturated carbocycles. The van der Waals surface area contributed by atoms with E-state index in [0.29, 0.717) is 54.1 Å². The molecule has 2 N–H and O–H groups in total. The summed E-state index contributed by atoms with van der Waals surface area (Å²) in [7, 11) is 0. The summed E-state index contributed by atoms with van der Waals surface area (Å²) in [5, 5.41) is 6.46. The second-order valence-electron chi connectivity index (χ2n) is 8.92. The van der Waals surface area contributed by atoms with Crippen LogP contribution < -0.4 is 20.3 Å². The van der Waals surface area contributed by atoms with Crippen LogP contribution in [0.25, 0.3) is 0 Å². The van der Waals surface area contributed by atoms with E-state index in [2.05, 4.69) is 29.4 Å². The Kier molecular flexibility index (Phi) is 9.74. The average molecular weight is 517 g/mol. The molecule has 2 aromatic carbocycles. The van der Waals surface area contributed by atoms with Crippen molar-refractivity contribution >= 4 is 52.1 Å². The highest BCUT2D eigenvalue weighted by Gasteiger charge is 2.22. The molecule has 0 spiro atoms. The number of amides is 2. The third kappa shape index (κ3) is 7.83. The molecular weight excluding hydrogens is 484 g/mol. The van der Waals surface area contributed by atoms with Gasteiger partial charge in [-0.15, -0.1) is 0 Å². The Morgan fingerprint density at radius 3 is 2.51 bits per heavy atom. The van der Waals surface area contributed by atoms with Gasteiger partial charge >= 0.3 is 0 Å². The van der Waals surface area contributed by atoms with E-state index in [4.69, 9.17) is 28.6 Å². The summed E-state index contributed by atoms with van der Waals surface area (Å²) >= 11 is 11.9. The molecule has 0 bridgehead atoms. The molecule has 1 fully saturated rings. The van der Waals surface area contributed by atoms with Gasteiger partial charge in [-0.3, -0.25) is 14.9 Å². The van der Waals surface area contributed by atoms with Gasteiger partial charge < -0.3 is 19.9 Å². The largest absolute Gasteiger partial charge is 0.493 e. The Bertz CT molecular complexity index is 1050. The molecule has 0 unspecified atom stereocenters. The number of carbonyl (C=O) groups is 2. The van der Waals surface area contributed by atoms with Gasteiger partial charge in [0.1, 0.15) is 5.75 Å². The summed E-state index contributed by atoms with van der Waals surface area (Å²) in [6.45, 7) is 9.57. The fourth-order valence-electron chi connectivity index (χ4n) is 3.74. The summed E-state index contributed by atoms with van der Waals surface area (Å²) in [6.07, 6.45) is 1.45. The Morgan fingerprint density at radius 1 is 1.11 bits per heavy atom. The number of hydrogen-bond acceptors (Lipinski definition) is 5. The van der Waals surface area contributed by atoms with Crippen LogP contribution in [0, 0.1) is 5.92 Å². The number of anilines is 2. The number of halogens is 1. The maximum absolute atomic E-state index is 12.6. The number of thiocarbonyl (C=S) groups is 1. The number of rotatable bonds is 8. The summed E-state index contributed by atoms with van der Waals surface area (Å²) in [5.74, 6) is 0.920. The van der Waals surface area contributed by atoms with Gasteiger partial charge in [0.25, 0.3) is 5.91 Å². The minimum Gasteiger partial charge on any atom is -0.493 e. The van der Waals surface area contributed by atoms with Crippen molar-refractivity contribution in [2.45, 2.75) is 33.6 Å². The van der Waals surface area contributed by atoms with E-state index >= 15 is 0 Å². The zero-order valence-electron chi connectivity index (χ0n) is 20.5. The number of ether oxygens (including phenoxy) is 1. The molecule has 2 aromatic rings. The zero-order valence-corrected chi connectivity index (χ0v) is 22.0. The first-order valence-electron chi connectivity index (χ1n) is 11.9. The van der Waals surface area contributed by atoms with E-state index < -0.39 is 0 Å². The quantitative estimate of drug-likeness (QED) is 0.484. The lowest BCUT2D eigenvalue weighted by molar-refractivity contribution is -0.131. The predicted molar refractivity (Wildman–Crippen MR) is 146 cm³/mol. The van der Waals surface area contributed by atoms with E-state index in [1.54, 1.807) is 24.3 Å². The van der Waals surface area contributed by atoms with Crippen LogP contribution in [0.3, 0.4) is 0 Å². The second kappa shape index (κ2) is 12.7. The van der Waals surface area contributed by atoms with Crippen molar-refractivity contribution in [1.29, 1.82) is 0 Å². The third-order valence-electron chi connectivity index (χ3n) is 5.55. The van der Waals surface area contributed by atoms with Gasteiger partial charge in [-0.05, 0) is 61.0 Å². The van der Waals surface area contributed by atoms with Crippen LogP contribution in [0.15, 0.2) is 42.5 Å². The van der Waals surface area contributed by atoms with Crippen LogP contribution in [-0.4, -0.2) is 54.6 Å². The molecule has 0 aliphatic carbocycles. The monoisotopic (exact) mass is 516 g/mol. The van der Waals surface area contributed by atoms with Crippen molar-refractivity contribution in [3.8, 4) is 5.75 Å². The highest BCUT2D eigenvalue weighted by Crippen LogP contribution is 2.30. The van der Waals surface area contributed by atoms with Gasteiger partial charge in [0.2, 0.25) is 5.91 Å². The van der Waals surface area contributed by atoms with Crippen LogP contribution >= 0.6 is 23.8 Å². The van der Waals surface area contributed by atoms with E-state index in [-0.39, 0.29) is 16.9 Å². The second-order valence-corrected chi connectivity index (χ2v) is 9.74. The molecule has 1 aliphatic heterocycles. The van der Waals surface area contributed by atoms with Gasteiger partial charge in [0.05, 0.1) is 17.3 Å². The predicted octanol–water partition coefficient (Wildman–Crippen LogP) is 4.95. The minimum absolute atomic E-state index is 0.176. The summed E-state index contributed by atoms with van der Waals surface area (Å²) < 4.78 is 5.70. The molecule has 35 heavy (non-hydrogen) atoms. The normalized spacial score (nSPS) is 13.5. The van der Waals surface area contributed by atoms with Crippen LogP contribution in [0.1, 0.15) is 44.0 Å². The fourth-order valence-corrected chi connectivity index (χ4v) is 4.25. The molecule has 1 aliphatic rings. The maximum atomic E-state index is 12.6. The van der Waals surface area contributed by atoms with Crippen LogP contribution in [0.5, 0.6) is 5.75 Å². The van der Waals surface area contributed by atoms with E-state index in [1.165, 1.54) is 0 Å². The topological polar surface area (TPSA) is 73.9 Å². The van der Waals surface area contributed by atoms with Gasteiger partial charge in [-0.1, -0.05) is 38.4 Å². The number of benzene rings is 2. The van der Waals surface area contributed by atoms with Gasteiger partial charge in [0, 0.05) is 43.9 Å². The van der Waals surface area contributed by atoms with Gasteiger partial charge in [-0.2, -0.15) is 0 Å². The summed E-state index contributed by atoms with van der Waals surface area (Å²) in [6, 6.07) is 12.6. The average Bonchev–Trinajstić information content (AvgIpc) is 2.83. The Morgan fingerprint density at radius 2 is 1.86 bits per heavy atom. The molecule has 2 amide bonds. The lowest BCUT2D eigenvalue weighted by atomic mass is 10.2. The fraction of sp³-hybridized carbons (Fsp3) is 0.423. The number of carbonyl (C=O) groups excluding carboxylic acids is 2. The first-order valence-corrected chi connectivity index (χ1v) is 12.7. The Balaban J connectivity index is 1.54. The molecule has 0 atom stereocenters. The van der Waals surface area contributed by atoms with Crippen molar-refractivity contribution in [2.24, 2.45) is 5.92 Å². The molecule has 0 aromatic heterocycles. The molecule has 3 rings (SSSR count). The minimum atomic E-state index is -0.323. The van der Waals surface area contributed by atoms with E-state index in [9.17, 15) is 9.59 Å². The maximum Gasteiger partial charge on any atom is 0.257 e. The molecular formula is C26H33ClN4O3S. The van der Waals surface area contributed by atoms with Crippen molar-refractivity contribution in [1.82, 2.24) is 10.2 Å². The highest BCUT2D eigenvalue weighted by molar-refractivity contribution is 7.80. The van der Waals surface area contributed by atoms with Gasteiger partial charge in [0.15, 0.2) is 5.11 Å². The molecule has 1 saturated heterocycles. The molecule has 1 heterocycles. The molecule has 7 nitrogen and oxygen atoms in total. The lowest BCUT2D eigenvalue weighted by Crippen LogP contribution is -2.48. The van der Waals surface area contributed by atoms with Crippen molar-refractivity contribution < 1.29 is 14.3 Å². The van der Waals surface area contributed by atoms with Crippen molar-refractivity contribution in [2.75, 3.05) is 43.0 Å².